The van der Waals surface area contributed by atoms with Gasteiger partial charge in [-0.2, -0.15) is 8.78 Å². The van der Waals surface area contributed by atoms with E-state index in [4.69, 9.17) is 0 Å². The first-order valence-corrected chi connectivity index (χ1v) is 2.15. The van der Waals surface area contributed by atoms with Crippen LogP contribution in [0.5, 0.6) is 0 Å². The summed E-state index contributed by atoms with van der Waals surface area (Å²) in [4.78, 5) is 0. The molecular formula is C2H3F2I. The van der Waals surface area contributed by atoms with Crippen LogP contribution in [0.4, 0.5) is 8.78 Å². The van der Waals surface area contributed by atoms with Gasteiger partial charge in [0, 0.05) is 6.92 Å². The van der Waals surface area contributed by atoms with Crippen LogP contribution in [0.1, 0.15) is 6.92 Å². The van der Waals surface area contributed by atoms with Gasteiger partial charge in [0.05, 0.1) is 0 Å². The molecule has 0 heterocycles. The van der Waals surface area contributed by atoms with Crippen molar-refractivity contribution in [3.8, 4) is 0 Å². The average molecular weight is 192 g/mol. The Hall–Kier alpha value is 0.590. The normalized spacial score (nSPS) is 12.0. The first-order chi connectivity index (χ1) is 2.00. The second-order valence-electron chi connectivity index (χ2n) is 0.781. The van der Waals surface area contributed by atoms with Crippen LogP contribution >= 0.6 is 22.6 Å². The second-order valence-corrected chi connectivity index (χ2v) is 2.68. The monoisotopic (exact) mass is 192 g/mol. The standard InChI is InChI=1S/C2H3F2I/c1-2(3,4)5/h1H3. The Labute approximate surface area is 42.7 Å². The molecule has 0 bridgehead atoms. The fourth-order valence-electron chi connectivity index (χ4n) is 0. The predicted octanol–water partition coefficient (Wildman–Crippen LogP) is 2.03. The molecule has 0 unspecified atom stereocenters. The van der Waals surface area contributed by atoms with Crippen LogP contribution in [-0.4, -0.2) is 3.93 Å². The number of halogens is 3. The topological polar surface area (TPSA) is 0 Å². The maximum Gasteiger partial charge on any atom is 0.293 e. The summed E-state index contributed by atoms with van der Waals surface area (Å²) in [6, 6.07) is 0. The van der Waals surface area contributed by atoms with E-state index in [0.717, 1.165) is 29.5 Å². The lowest BCUT2D eigenvalue weighted by Gasteiger charge is -1.91. The molecule has 0 N–H and O–H groups in total. The molecule has 0 aromatic rings. The SMILES string of the molecule is CC(F)(F)I. The van der Waals surface area contributed by atoms with Gasteiger partial charge in [-0.25, -0.2) is 0 Å². The predicted molar refractivity (Wildman–Crippen MR) is 24.6 cm³/mol. The molecule has 0 atom stereocenters. The van der Waals surface area contributed by atoms with E-state index in [9.17, 15) is 8.78 Å². The zero-order valence-corrected chi connectivity index (χ0v) is 4.79. The van der Waals surface area contributed by atoms with Crippen molar-refractivity contribution in [3.63, 3.8) is 0 Å². The Morgan fingerprint density at radius 3 is 1.60 bits per heavy atom. The molecule has 0 radical (unpaired) electrons. The third-order valence-electron chi connectivity index (χ3n) is 0. The molecule has 0 aromatic carbocycles. The van der Waals surface area contributed by atoms with Crippen molar-refractivity contribution in [1.29, 1.82) is 0 Å². The highest BCUT2D eigenvalue weighted by molar-refractivity contribution is 14.1. The van der Waals surface area contributed by atoms with Gasteiger partial charge in [-0.05, 0) is 22.6 Å². The van der Waals surface area contributed by atoms with Gasteiger partial charge in [-0.1, -0.05) is 0 Å². The highest BCUT2D eigenvalue weighted by Crippen LogP contribution is 2.19. The fourth-order valence-corrected chi connectivity index (χ4v) is 0. The summed E-state index contributed by atoms with van der Waals surface area (Å²) in [5.41, 5.74) is 0. The highest BCUT2D eigenvalue weighted by Gasteiger charge is 2.11. The Kier molecular flexibility index (Phi) is 1.52. The van der Waals surface area contributed by atoms with Gasteiger partial charge in [0.25, 0.3) is 3.93 Å². The number of rotatable bonds is 0. The number of hydrogen-bond donors (Lipinski definition) is 0. The Balaban J connectivity index is 3.02. The lowest BCUT2D eigenvalue weighted by atomic mass is 10.9. The maximum atomic E-state index is 11.0. The van der Waals surface area contributed by atoms with E-state index >= 15 is 0 Å². The van der Waals surface area contributed by atoms with Crippen LogP contribution in [0, 0.1) is 0 Å². The van der Waals surface area contributed by atoms with Gasteiger partial charge in [-0.3, -0.25) is 0 Å². The third-order valence-corrected chi connectivity index (χ3v) is 0. The number of hydrogen-bond acceptors (Lipinski definition) is 0. The molecule has 0 aliphatic rings. The zero-order valence-electron chi connectivity index (χ0n) is 2.63. The van der Waals surface area contributed by atoms with E-state index in [2.05, 4.69) is 0 Å². The molecule has 0 aliphatic heterocycles. The lowest BCUT2D eigenvalue weighted by Crippen LogP contribution is -1.91. The van der Waals surface area contributed by atoms with E-state index < -0.39 is 3.93 Å². The van der Waals surface area contributed by atoms with Crippen LogP contribution in [-0.2, 0) is 0 Å². The molecule has 32 valence electrons. The molecule has 0 aliphatic carbocycles. The lowest BCUT2D eigenvalue weighted by molar-refractivity contribution is 0.150. The smallest absolute Gasteiger partial charge is 0.195 e. The van der Waals surface area contributed by atoms with Crippen molar-refractivity contribution in [3.05, 3.63) is 0 Å². The summed E-state index contributed by atoms with van der Waals surface area (Å²) < 4.78 is 19.5. The Morgan fingerprint density at radius 1 is 1.60 bits per heavy atom. The minimum Gasteiger partial charge on any atom is -0.195 e. The summed E-state index contributed by atoms with van der Waals surface area (Å²) in [7, 11) is 0. The van der Waals surface area contributed by atoms with E-state index in [1.54, 1.807) is 0 Å². The van der Waals surface area contributed by atoms with E-state index in [1.807, 2.05) is 0 Å². The van der Waals surface area contributed by atoms with Crippen LogP contribution < -0.4 is 0 Å². The molecule has 0 nitrogen and oxygen atoms in total. The molecule has 5 heavy (non-hydrogen) atoms. The van der Waals surface area contributed by atoms with Crippen molar-refractivity contribution in [2.45, 2.75) is 10.9 Å². The van der Waals surface area contributed by atoms with Gasteiger partial charge >= 0.3 is 0 Å². The molecule has 0 saturated carbocycles. The molecule has 0 spiro atoms. The highest BCUT2D eigenvalue weighted by atomic mass is 127. The van der Waals surface area contributed by atoms with Crippen molar-refractivity contribution >= 4 is 22.6 Å². The van der Waals surface area contributed by atoms with Crippen molar-refractivity contribution in [2.24, 2.45) is 0 Å². The molecule has 0 aromatic heterocycles. The van der Waals surface area contributed by atoms with Crippen molar-refractivity contribution in [2.75, 3.05) is 0 Å². The minimum absolute atomic E-state index is 0.841. The summed E-state index contributed by atoms with van der Waals surface area (Å²) in [6.45, 7) is 0.841. The quantitative estimate of drug-likeness (QED) is 0.406. The zero-order chi connectivity index (χ0) is 4.50. The fraction of sp³-hybridized carbons (Fsp3) is 1.00. The van der Waals surface area contributed by atoms with Crippen molar-refractivity contribution < 1.29 is 8.78 Å². The summed E-state index contributed by atoms with van der Waals surface area (Å²) in [5, 5.41) is 0. The Bertz CT molecular complexity index is 23.1. The summed E-state index contributed by atoms with van der Waals surface area (Å²) in [5.74, 6) is 0. The summed E-state index contributed by atoms with van der Waals surface area (Å²) in [6.07, 6.45) is 0. The number of alkyl halides is 3. The van der Waals surface area contributed by atoms with Gasteiger partial charge in [0.15, 0.2) is 0 Å². The van der Waals surface area contributed by atoms with Crippen LogP contribution in [0.25, 0.3) is 0 Å². The molecule has 3 heteroatoms. The first-order valence-electron chi connectivity index (χ1n) is 1.07. The van der Waals surface area contributed by atoms with Gasteiger partial charge in [0.2, 0.25) is 0 Å². The Morgan fingerprint density at radius 2 is 1.60 bits per heavy atom. The largest absolute Gasteiger partial charge is 0.293 e. The van der Waals surface area contributed by atoms with Crippen LogP contribution in [0.2, 0.25) is 0 Å². The summed E-state index contributed by atoms with van der Waals surface area (Å²) >= 11 is 1.04. The van der Waals surface area contributed by atoms with Crippen LogP contribution in [0.3, 0.4) is 0 Å². The van der Waals surface area contributed by atoms with Crippen molar-refractivity contribution in [1.82, 2.24) is 0 Å². The molecule has 0 amide bonds. The minimum atomic E-state index is -2.53. The van der Waals surface area contributed by atoms with Crippen LogP contribution in [0.15, 0.2) is 0 Å². The third kappa shape index (κ3) is 88.5. The maximum absolute atomic E-state index is 11.0. The van der Waals surface area contributed by atoms with E-state index in [-0.39, 0.29) is 0 Å². The molecule has 0 rings (SSSR count). The first kappa shape index (κ1) is 5.59. The van der Waals surface area contributed by atoms with E-state index in [0.29, 0.717) is 0 Å². The van der Waals surface area contributed by atoms with Gasteiger partial charge in [0.1, 0.15) is 0 Å². The molecule has 0 fully saturated rings. The molecule has 0 saturated heterocycles. The van der Waals surface area contributed by atoms with E-state index in [1.165, 1.54) is 0 Å². The molecular weight excluding hydrogens is 189 g/mol. The second kappa shape index (κ2) is 1.36. The van der Waals surface area contributed by atoms with Gasteiger partial charge < -0.3 is 0 Å². The average Bonchev–Trinajstić information content (AvgIpc) is 0.722. The van der Waals surface area contributed by atoms with Gasteiger partial charge in [-0.15, -0.1) is 0 Å².